The van der Waals surface area contributed by atoms with E-state index in [1.54, 1.807) is 0 Å². The Morgan fingerprint density at radius 3 is 2.64 bits per heavy atom. The van der Waals surface area contributed by atoms with Crippen molar-refractivity contribution in [1.29, 1.82) is 0 Å². The summed E-state index contributed by atoms with van der Waals surface area (Å²) in [6.45, 7) is 0. The third kappa shape index (κ3) is 1.80. The molecule has 0 aromatic carbocycles. The molecule has 0 aliphatic heterocycles. The zero-order valence-corrected chi connectivity index (χ0v) is 6.71. The second-order valence-electron chi connectivity index (χ2n) is 2.85. The van der Waals surface area contributed by atoms with Gasteiger partial charge in [0, 0.05) is 6.04 Å². The maximum Gasteiger partial charge on any atom is 0.222 e. The second kappa shape index (κ2) is 3.53. The number of hydrogen-bond donors (Lipinski definition) is 2. The van der Waals surface area contributed by atoms with Gasteiger partial charge >= 0.3 is 0 Å². The summed E-state index contributed by atoms with van der Waals surface area (Å²) in [4.78, 5) is 10.9. The predicted octanol–water partition coefficient (Wildman–Crippen LogP) is 0.0259. The number of carbonyl (C=O) groups excluding carboxylic acids is 1. The van der Waals surface area contributed by atoms with Crippen LogP contribution in [-0.2, 0) is 4.79 Å². The highest BCUT2D eigenvalue weighted by molar-refractivity contribution is 5.77. The van der Waals surface area contributed by atoms with E-state index >= 15 is 0 Å². The van der Waals surface area contributed by atoms with E-state index in [1.165, 1.54) is 0 Å². The summed E-state index contributed by atoms with van der Waals surface area (Å²) < 4.78 is 0. The Balaban J connectivity index is 2.61. The highest BCUT2D eigenvalue weighted by Gasteiger charge is 2.25. The van der Waals surface area contributed by atoms with Crippen LogP contribution in [0.3, 0.4) is 0 Å². The topological polar surface area (TPSA) is 55.1 Å². The minimum absolute atomic E-state index is 0.0231. The van der Waals surface area contributed by atoms with Gasteiger partial charge in [0.1, 0.15) is 0 Å². The van der Waals surface area contributed by atoms with Crippen molar-refractivity contribution in [3.05, 3.63) is 12.2 Å². The molecule has 0 saturated heterocycles. The molecular formula is C8H14N2O. The van der Waals surface area contributed by atoms with Crippen LogP contribution in [0.5, 0.6) is 0 Å². The van der Waals surface area contributed by atoms with Crippen LogP contribution in [0.1, 0.15) is 12.8 Å². The first-order valence-corrected chi connectivity index (χ1v) is 3.87. The average molecular weight is 154 g/mol. The van der Waals surface area contributed by atoms with Crippen LogP contribution < -0.4 is 11.1 Å². The van der Waals surface area contributed by atoms with Crippen LogP contribution in [0.4, 0.5) is 0 Å². The Morgan fingerprint density at radius 1 is 1.55 bits per heavy atom. The smallest absolute Gasteiger partial charge is 0.222 e. The number of rotatable bonds is 2. The quantitative estimate of drug-likeness (QED) is 0.551. The normalized spacial score (nSPS) is 30.3. The Labute approximate surface area is 66.6 Å². The molecule has 1 unspecified atom stereocenters. The van der Waals surface area contributed by atoms with Crippen LogP contribution in [0, 0.1) is 5.92 Å². The summed E-state index contributed by atoms with van der Waals surface area (Å²) in [6, 6.07) is 0.234. The molecule has 0 saturated carbocycles. The third-order valence-corrected chi connectivity index (χ3v) is 2.17. The largest absolute Gasteiger partial charge is 0.369 e. The van der Waals surface area contributed by atoms with Gasteiger partial charge in [-0.2, -0.15) is 0 Å². The molecule has 1 rings (SSSR count). The van der Waals surface area contributed by atoms with E-state index < -0.39 is 0 Å². The van der Waals surface area contributed by atoms with Crippen molar-refractivity contribution in [2.24, 2.45) is 11.7 Å². The number of nitrogens with one attached hydrogen (secondary N) is 1. The number of amides is 1. The minimum Gasteiger partial charge on any atom is -0.369 e. The molecule has 1 amide bonds. The first-order valence-electron chi connectivity index (χ1n) is 3.87. The van der Waals surface area contributed by atoms with Gasteiger partial charge in [0.2, 0.25) is 5.91 Å². The molecule has 0 fully saturated rings. The molecule has 3 N–H and O–H groups in total. The van der Waals surface area contributed by atoms with E-state index in [1.807, 2.05) is 13.1 Å². The summed E-state index contributed by atoms with van der Waals surface area (Å²) in [5.74, 6) is -0.223. The summed E-state index contributed by atoms with van der Waals surface area (Å²) in [7, 11) is 1.86. The molecule has 2 atom stereocenters. The van der Waals surface area contributed by atoms with Gasteiger partial charge in [-0.25, -0.2) is 0 Å². The first-order chi connectivity index (χ1) is 5.25. The van der Waals surface area contributed by atoms with Gasteiger partial charge < -0.3 is 11.1 Å². The fourth-order valence-electron chi connectivity index (χ4n) is 1.45. The molecule has 0 heterocycles. The SMILES string of the molecule is CNC1CC=CC[C@H]1C(N)=O. The molecule has 0 spiro atoms. The van der Waals surface area contributed by atoms with Gasteiger partial charge in [0.05, 0.1) is 5.92 Å². The van der Waals surface area contributed by atoms with Crippen LogP contribution in [0.15, 0.2) is 12.2 Å². The molecule has 1 aliphatic rings. The lowest BCUT2D eigenvalue weighted by molar-refractivity contribution is -0.122. The van der Waals surface area contributed by atoms with E-state index in [-0.39, 0.29) is 17.9 Å². The fraction of sp³-hybridized carbons (Fsp3) is 0.625. The van der Waals surface area contributed by atoms with Crippen molar-refractivity contribution in [1.82, 2.24) is 5.32 Å². The Hall–Kier alpha value is -0.830. The Bertz CT molecular complexity index is 177. The summed E-state index contributed by atoms with van der Waals surface area (Å²) in [6.07, 6.45) is 5.79. The lowest BCUT2D eigenvalue weighted by atomic mass is 9.89. The zero-order chi connectivity index (χ0) is 8.27. The summed E-state index contributed by atoms with van der Waals surface area (Å²) >= 11 is 0. The third-order valence-electron chi connectivity index (χ3n) is 2.17. The van der Waals surface area contributed by atoms with Crippen molar-refractivity contribution in [3.8, 4) is 0 Å². The van der Waals surface area contributed by atoms with Crippen LogP contribution in [-0.4, -0.2) is 19.0 Å². The monoisotopic (exact) mass is 154 g/mol. The number of hydrogen-bond acceptors (Lipinski definition) is 2. The number of carbonyl (C=O) groups is 1. The predicted molar refractivity (Wildman–Crippen MR) is 43.9 cm³/mol. The molecule has 0 bridgehead atoms. The van der Waals surface area contributed by atoms with Gasteiger partial charge in [-0.3, -0.25) is 4.79 Å². The Morgan fingerprint density at radius 2 is 2.18 bits per heavy atom. The number of nitrogens with two attached hydrogens (primary N) is 1. The highest BCUT2D eigenvalue weighted by atomic mass is 16.1. The molecule has 3 heteroatoms. The second-order valence-corrected chi connectivity index (χ2v) is 2.85. The molecule has 0 aromatic heterocycles. The zero-order valence-electron chi connectivity index (χ0n) is 6.71. The number of primary amides is 1. The van der Waals surface area contributed by atoms with Gasteiger partial charge in [-0.15, -0.1) is 0 Å². The molecule has 0 aromatic rings. The van der Waals surface area contributed by atoms with Crippen molar-refractivity contribution < 1.29 is 4.79 Å². The van der Waals surface area contributed by atoms with Crippen molar-refractivity contribution in [2.45, 2.75) is 18.9 Å². The summed E-state index contributed by atoms with van der Waals surface area (Å²) in [5, 5.41) is 3.08. The van der Waals surface area contributed by atoms with Crippen LogP contribution in [0.2, 0.25) is 0 Å². The maximum atomic E-state index is 10.9. The van der Waals surface area contributed by atoms with E-state index in [9.17, 15) is 4.79 Å². The molecule has 62 valence electrons. The highest BCUT2D eigenvalue weighted by Crippen LogP contribution is 2.17. The molecule has 1 aliphatic carbocycles. The van der Waals surface area contributed by atoms with E-state index in [2.05, 4.69) is 11.4 Å². The van der Waals surface area contributed by atoms with E-state index in [4.69, 9.17) is 5.73 Å². The van der Waals surface area contributed by atoms with Crippen molar-refractivity contribution in [3.63, 3.8) is 0 Å². The first kappa shape index (κ1) is 8.27. The van der Waals surface area contributed by atoms with Gasteiger partial charge in [-0.1, -0.05) is 12.2 Å². The lowest BCUT2D eigenvalue weighted by Crippen LogP contribution is -2.41. The standard InChI is InChI=1S/C8H14N2O/c1-10-7-5-3-2-4-6(7)8(9)11/h2-3,6-7,10H,4-5H2,1H3,(H2,9,11)/t6-,7?/m1/s1. The molecule has 0 radical (unpaired) electrons. The maximum absolute atomic E-state index is 10.9. The minimum atomic E-state index is -0.200. The van der Waals surface area contributed by atoms with Gasteiger partial charge in [0.15, 0.2) is 0 Å². The van der Waals surface area contributed by atoms with E-state index in [0.29, 0.717) is 0 Å². The van der Waals surface area contributed by atoms with Crippen LogP contribution >= 0.6 is 0 Å². The number of allylic oxidation sites excluding steroid dienone is 1. The average Bonchev–Trinajstić information content (AvgIpc) is 2.04. The van der Waals surface area contributed by atoms with Crippen LogP contribution in [0.25, 0.3) is 0 Å². The molecule has 3 nitrogen and oxygen atoms in total. The summed E-state index contributed by atoms with van der Waals surface area (Å²) in [5.41, 5.74) is 5.22. The van der Waals surface area contributed by atoms with Crippen molar-refractivity contribution >= 4 is 5.91 Å². The fourth-order valence-corrected chi connectivity index (χ4v) is 1.45. The molecular weight excluding hydrogens is 140 g/mol. The van der Waals surface area contributed by atoms with Gasteiger partial charge in [-0.05, 0) is 19.9 Å². The van der Waals surface area contributed by atoms with Gasteiger partial charge in [0.25, 0.3) is 0 Å². The molecule has 11 heavy (non-hydrogen) atoms. The van der Waals surface area contributed by atoms with Crippen molar-refractivity contribution in [2.75, 3.05) is 7.05 Å². The lowest BCUT2D eigenvalue weighted by Gasteiger charge is -2.25. The van der Waals surface area contributed by atoms with E-state index in [0.717, 1.165) is 12.8 Å². The Kier molecular flexibility index (Phi) is 2.65.